The highest BCUT2D eigenvalue weighted by Crippen LogP contribution is 2.08. The predicted octanol–water partition coefficient (Wildman–Crippen LogP) is 5.79. The summed E-state index contributed by atoms with van der Waals surface area (Å²) in [6.45, 7) is 2.23. The van der Waals surface area contributed by atoms with Gasteiger partial charge in [-0.25, -0.2) is 0 Å². The number of carbonyl (C=O) groups excluding carboxylic acids is 1. The van der Waals surface area contributed by atoms with Gasteiger partial charge in [0.05, 0.1) is 7.11 Å². The van der Waals surface area contributed by atoms with Gasteiger partial charge in [0, 0.05) is 12.8 Å². The molecule has 0 aliphatic heterocycles. The van der Waals surface area contributed by atoms with Crippen molar-refractivity contribution in [3.63, 3.8) is 0 Å². The molecule has 0 amide bonds. The van der Waals surface area contributed by atoms with E-state index in [1.54, 1.807) is 0 Å². The number of esters is 1. The molecule has 2 nitrogen and oxygen atoms in total. The molecule has 0 saturated heterocycles. The molecular formula is C19H33O2. The minimum absolute atomic E-state index is 0.0868. The average Bonchev–Trinajstić information content (AvgIpc) is 2.50. The maximum atomic E-state index is 10.9. The Morgan fingerprint density at radius 1 is 0.857 bits per heavy atom. The fourth-order valence-electron chi connectivity index (χ4n) is 2.09. The van der Waals surface area contributed by atoms with Gasteiger partial charge in [0.15, 0.2) is 0 Å². The van der Waals surface area contributed by atoms with Crippen LogP contribution in [0.25, 0.3) is 0 Å². The second kappa shape index (κ2) is 17.0. The first kappa shape index (κ1) is 19.9. The number of ether oxygens (including phenoxy) is 1. The molecular weight excluding hydrogens is 260 g/mol. The Kier molecular flexibility index (Phi) is 16.2. The van der Waals surface area contributed by atoms with Crippen molar-refractivity contribution < 1.29 is 9.53 Å². The standard InChI is InChI=1S/C19H33O2/c1-3-4-5-6-7-8-9-10-11-12-13-14-15-16-17-18-19(20)21-2/h7-11H,3-6,12-18H2,1-2H3/b8-7-,11-10-. The number of hydrogen-bond donors (Lipinski definition) is 0. The SMILES string of the molecule is CCCCC/C=C\[CH]/C=C\CCCCCCCC(=O)OC. The number of unbranched alkanes of at least 4 members (excludes halogenated alkanes) is 8. The van der Waals surface area contributed by atoms with E-state index in [2.05, 4.69) is 42.4 Å². The molecule has 0 spiro atoms. The van der Waals surface area contributed by atoms with Crippen LogP contribution in [0.3, 0.4) is 0 Å². The minimum Gasteiger partial charge on any atom is -0.469 e. The molecule has 0 bridgehead atoms. The van der Waals surface area contributed by atoms with Gasteiger partial charge in [-0.3, -0.25) is 4.79 Å². The van der Waals surface area contributed by atoms with Crippen LogP contribution in [0, 0.1) is 6.42 Å². The molecule has 0 fully saturated rings. The highest BCUT2D eigenvalue weighted by atomic mass is 16.5. The monoisotopic (exact) mass is 293 g/mol. The quantitative estimate of drug-likeness (QED) is 0.299. The van der Waals surface area contributed by atoms with Gasteiger partial charge < -0.3 is 4.74 Å². The maximum absolute atomic E-state index is 10.9. The molecule has 0 heterocycles. The first-order chi connectivity index (χ1) is 10.3. The van der Waals surface area contributed by atoms with Crippen LogP contribution in [0.1, 0.15) is 77.6 Å². The topological polar surface area (TPSA) is 26.3 Å². The van der Waals surface area contributed by atoms with Gasteiger partial charge in [-0.15, -0.1) is 0 Å². The van der Waals surface area contributed by atoms with E-state index in [4.69, 9.17) is 0 Å². The van der Waals surface area contributed by atoms with E-state index in [0.29, 0.717) is 6.42 Å². The van der Waals surface area contributed by atoms with Crippen LogP contribution < -0.4 is 0 Å². The zero-order valence-corrected chi connectivity index (χ0v) is 14.0. The van der Waals surface area contributed by atoms with Crippen LogP contribution in [-0.4, -0.2) is 13.1 Å². The van der Waals surface area contributed by atoms with Gasteiger partial charge in [0.1, 0.15) is 0 Å². The van der Waals surface area contributed by atoms with Crippen molar-refractivity contribution in [3.8, 4) is 0 Å². The molecule has 0 aromatic rings. The molecule has 0 unspecified atom stereocenters. The lowest BCUT2D eigenvalue weighted by molar-refractivity contribution is -0.140. The number of carbonyl (C=O) groups is 1. The smallest absolute Gasteiger partial charge is 0.305 e. The van der Waals surface area contributed by atoms with Crippen molar-refractivity contribution in [1.82, 2.24) is 0 Å². The van der Waals surface area contributed by atoms with Gasteiger partial charge in [-0.05, 0) is 32.1 Å². The summed E-state index contributed by atoms with van der Waals surface area (Å²) in [7, 11) is 1.45. The Morgan fingerprint density at radius 2 is 1.43 bits per heavy atom. The third-order valence-corrected chi connectivity index (χ3v) is 3.45. The van der Waals surface area contributed by atoms with Crippen LogP contribution in [0.4, 0.5) is 0 Å². The van der Waals surface area contributed by atoms with Crippen LogP contribution in [0.2, 0.25) is 0 Å². The Bertz CT molecular complexity index is 279. The normalized spacial score (nSPS) is 11.5. The lowest BCUT2D eigenvalue weighted by Crippen LogP contribution is -1.98. The van der Waals surface area contributed by atoms with Crippen LogP contribution in [-0.2, 0) is 9.53 Å². The van der Waals surface area contributed by atoms with Gasteiger partial charge in [0.2, 0.25) is 0 Å². The van der Waals surface area contributed by atoms with E-state index in [9.17, 15) is 4.79 Å². The van der Waals surface area contributed by atoms with E-state index in [1.807, 2.05) is 0 Å². The molecule has 0 aromatic carbocycles. The molecule has 0 saturated carbocycles. The number of rotatable bonds is 14. The molecule has 0 atom stereocenters. The maximum Gasteiger partial charge on any atom is 0.305 e. The van der Waals surface area contributed by atoms with E-state index >= 15 is 0 Å². The molecule has 0 rings (SSSR count). The van der Waals surface area contributed by atoms with Crippen LogP contribution in [0.15, 0.2) is 24.3 Å². The summed E-state index contributed by atoms with van der Waals surface area (Å²) in [4.78, 5) is 10.9. The zero-order valence-electron chi connectivity index (χ0n) is 14.0. The molecule has 0 N–H and O–H groups in total. The Labute approximate surface area is 131 Å². The highest BCUT2D eigenvalue weighted by molar-refractivity contribution is 5.68. The Hall–Kier alpha value is -1.05. The lowest BCUT2D eigenvalue weighted by Gasteiger charge is -1.99. The molecule has 0 aromatic heterocycles. The fourth-order valence-corrected chi connectivity index (χ4v) is 2.09. The zero-order chi connectivity index (χ0) is 15.6. The lowest BCUT2D eigenvalue weighted by atomic mass is 10.1. The van der Waals surface area contributed by atoms with Crippen molar-refractivity contribution in [2.24, 2.45) is 0 Å². The molecule has 121 valence electrons. The summed E-state index contributed by atoms with van der Waals surface area (Å²) >= 11 is 0. The van der Waals surface area contributed by atoms with Crippen molar-refractivity contribution in [1.29, 1.82) is 0 Å². The van der Waals surface area contributed by atoms with Crippen molar-refractivity contribution >= 4 is 5.97 Å². The first-order valence-electron chi connectivity index (χ1n) is 8.53. The average molecular weight is 293 g/mol. The summed E-state index contributed by atoms with van der Waals surface area (Å²) in [5, 5.41) is 0. The highest BCUT2D eigenvalue weighted by Gasteiger charge is 1.98. The summed E-state index contributed by atoms with van der Waals surface area (Å²) < 4.78 is 4.61. The van der Waals surface area contributed by atoms with Crippen LogP contribution in [0.5, 0.6) is 0 Å². The van der Waals surface area contributed by atoms with Crippen molar-refractivity contribution in [3.05, 3.63) is 30.7 Å². The van der Waals surface area contributed by atoms with E-state index in [-0.39, 0.29) is 5.97 Å². The molecule has 1 radical (unpaired) electrons. The largest absolute Gasteiger partial charge is 0.469 e. The Balaban J connectivity index is 3.20. The summed E-state index contributed by atoms with van der Waals surface area (Å²) in [5.41, 5.74) is 0. The van der Waals surface area contributed by atoms with Crippen molar-refractivity contribution in [2.45, 2.75) is 77.6 Å². The van der Waals surface area contributed by atoms with Gasteiger partial charge >= 0.3 is 5.97 Å². The fraction of sp³-hybridized carbons (Fsp3) is 0.684. The molecule has 0 aliphatic carbocycles. The summed E-state index contributed by atoms with van der Waals surface area (Å²) in [6.07, 6.45) is 23.6. The van der Waals surface area contributed by atoms with E-state index in [0.717, 1.165) is 19.3 Å². The van der Waals surface area contributed by atoms with Crippen molar-refractivity contribution in [2.75, 3.05) is 7.11 Å². The number of methoxy groups -OCH3 is 1. The minimum atomic E-state index is -0.0868. The van der Waals surface area contributed by atoms with Gasteiger partial charge in [-0.2, -0.15) is 0 Å². The predicted molar refractivity (Wildman–Crippen MR) is 91.1 cm³/mol. The van der Waals surface area contributed by atoms with Gasteiger partial charge in [0.25, 0.3) is 0 Å². The summed E-state index contributed by atoms with van der Waals surface area (Å²) in [5.74, 6) is -0.0868. The Morgan fingerprint density at radius 3 is 2.05 bits per heavy atom. The summed E-state index contributed by atoms with van der Waals surface area (Å²) in [6, 6.07) is 0. The van der Waals surface area contributed by atoms with Gasteiger partial charge in [-0.1, -0.05) is 63.3 Å². The number of hydrogen-bond acceptors (Lipinski definition) is 2. The molecule has 21 heavy (non-hydrogen) atoms. The van der Waals surface area contributed by atoms with E-state index < -0.39 is 0 Å². The molecule has 0 aliphatic rings. The third kappa shape index (κ3) is 16.9. The molecule has 2 heteroatoms. The second-order valence-electron chi connectivity index (χ2n) is 5.43. The second-order valence-corrected chi connectivity index (χ2v) is 5.43. The third-order valence-electron chi connectivity index (χ3n) is 3.45. The van der Waals surface area contributed by atoms with E-state index in [1.165, 1.54) is 52.1 Å². The van der Waals surface area contributed by atoms with Crippen LogP contribution >= 0.6 is 0 Å². The number of allylic oxidation sites excluding steroid dienone is 4. The first-order valence-corrected chi connectivity index (χ1v) is 8.53.